The number of hydrogen-bond acceptors (Lipinski definition) is 0. The molecule has 0 aromatic heterocycles. The van der Waals surface area contributed by atoms with Crippen molar-refractivity contribution >= 4 is 32.3 Å². The molecule has 0 amide bonds. The summed E-state index contributed by atoms with van der Waals surface area (Å²) in [6.07, 6.45) is 0. The van der Waals surface area contributed by atoms with Crippen molar-refractivity contribution in [3.8, 4) is 0 Å². The van der Waals surface area contributed by atoms with Gasteiger partial charge < -0.3 is 0 Å². The van der Waals surface area contributed by atoms with Gasteiger partial charge >= 0.3 is 52.1 Å². The Morgan fingerprint density at radius 3 is 1.39 bits per heavy atom. The summed E-state index contributed by atoms with van der Waals surface area (Å²) in [5, 5.41) is 2.32. The third kappa shape index (κ3) is 12.0. The molecule has 23 heavy (non-hydrogen) atoms. The van der Waals surface area contributed by atoms with Gasteiger partial charge in [-0.1, -0.05) is 41.5 Å². The fourth-order valence-electron chi connectivity index (χ4n) is 2.61. The smallest absolute Gasteiger partial charge is 0.214 e. The summed E-state index contributed by atoms with van der Waals surface area (Å²) in [5.74, 6) is 0. The van der Waals surface area contributed by atoms with Gasteiger partial charge in [-0.2, -0.15) is 30.3 Å². The molecule has 0 radical (unpaired) electrons. The molecule has 2 rings (SSSR count). The zero-order chi connectivity index (χ0) is 17.2. The van der Waals surface area contributed by atoms with E-state index in [1.165, 1.54) is 0 Å². The first kappa shape index (κ1) is 26.1. The van der Waals surface area contributed by atoms with Crippen molar-refractivity contribution in [1.82, 2.24) is 0 Å². The van der Waals surface area contributed by atoms with Gasteiger partial charge in [-0.3, -0.25) is 0 Å². The summed E-state index contributed by atoms with van der Waals surface area (Å²) in [7, 11) is 9.53. The minimum absolute atomic E-state index is 0. The number of hydrogen-bond donors (Lipinski definition) is 0. The maximum Gasteiger partial charge on any atom is 2.00 e. The Morgan fingerprint density at radius 2 is 1.17 bits per heavy atom. The van der Waals surface area contributed by atoms with Crippen LogP contribution in [0.3, 0.4) is 0 Å². The van der Waals surface area contributed by atoms with E-state index in [1.807, 2.05) is 30.3 Å². The van der Waals surface area contributed by atoms with Crippen molar-refractivity contribution in [3.05, 3.63) is 54.6 Å². The molecular formula is C18H27Cl2FePPd. The summed E-state index contributed by atoms with van der Waals surface area (Å²) in [4.78, 5) is 0. The predicted molar refractivity (Wildman–Crippen MR) is 102 cm³/mol. The molecule has 0 aliphatic carbocycles. The van der Waals surface area contributed by atoms with Crippen molar-refractivity contribution in [2.75, 3.05) is 0 Å². The van der Waals surface area contributed by atoms with E-state index in [0.717, 1.165) is 0 Å². The molecule has 0 saturated carbocycles. The van der Waals surface area contributed by atoms with Gasteiger partial charge in [0.25, 0.3) is 0 Å². The first-order chi connectivity index (χ1) is 10.1. The predicted octanol–water partition coefficient (Wildman–Crippen LogP) is 6.89. The minimum atomic E-state index is -0.106. The van der Waals surface area contributed by atoms with Crippen molar-refractivity contribution < 1.29 is 33.0 Å². The quantitative estimate of drug-likeness (QED) is 0.224. The summed E-state index contributed by atoms with van der Waals surface area (Å²) in [5.41, 5.74) is 0. The van der Waals surface area contributed by atoms with E-state index in [4.69, 9.17) is 19.1 Å². The summed E-state index contributed by atoms with van der Waals surface area (Å²) < 4.78 is 0. The average molecular weight is 508 g/mol. The van der Waals surface area contributed by atoms with E-state index in [-0.39, 0.29) is 40.9 Å². The van der Waals surface area contributed by atoms with Gasteiger partial charge in [0.05, 0.1) is 0 Å². The molecule has 0 aliphatic rings. The van der Waals surface area contributed by atoms with Gasteiger partial charge in [-0.25, -0.2) is 24.3 Å². The van der Waals surface area contributed by atoms with Crippen LogP contribution >= 0.6 is 27.0 Å². The van der Waals surface area contributed by atoms with E-state index in [1.54, 1.807) is 5.30 Å². The Hall–Kier alpha value is 0.892. The van der Waals surface area contributed by atoms with Crippen LogP contribution < -0.4 is 5.30 Å². The molecule has 0 spiro atoms. The maximum absolute atomic E-state index is 4.81. The molecule has 2 aromatic carbocycles. The monoisotopic (exact) mass is 506 g/mol. The van der Waals surface area contributed by atoms with Crippen LogP contribution in [0.15, 0.2) is 54.6 Å². The van der Waals surface area contributed by atoms with Crippen LogP contribution in [0.2, 0.25) is 0 Å². The first-order valence-electron chi connectivity index (χ1n) is 7.15. The Kier molecular flexibility index (Phi) is 14.9. The molecule has 5 heteroatoms. The van der Waals surface area contributed by atoms with Crippen LogP contribution in [0.5, 0.6) is 0 Å². The topological polar surface area (TPSA) is 0 Å². The van der Waals surface area contributed by atoms with Gasteiger partial charge in [-0.15, -0.1) is 13.2 Å². The Morgan fingerprint density at radius 1 is 0.826 bits per heavy atom. The molecule has 0 aliphatic heterocycles. The van der Waals surface area contributed by atoms with Gasteiger partial charge in [0.15, 0.2) is 0 Å². The van der Waals surface area contributed by atoms with E-state index < -0.39 is 0 Å². The average Bonchev–Trinajstić information content (AvgIpc) is 3.01. The standard InChI is InChI=1S/C13H22P.C5H5.2ClH.Fe.Pd/c1-12(2,3)14(13(4,5)6)11-9-7-8-10-11;1-2-4-5-3-1;;;;/h7-10H,1-6H3;1-5H;2*1H;;/q2*-1;;;2*+2/p-2. The van der Waals surface area contributed by atoms with Crippen LogP contribution in [0.1, 0.15) is 41.5 Å². The van der Waals surface area contributed by atoms with Crippen molar-refractivity contribution in [2.45, 2.75) is 51.9 Å². The number of halogens is 2. The largest absolute Gasteiger partial charge is 2.00 e. The second-order valence-electron chi connectivity index (χ2n) is 6.83. The van der Waals surface area contributed by atoms with E-state index in [9.17, 15) is 0 Å². The Bertz CT molecular complexity index is 425. The zero-order valence-electron chi connectivity index (χ0n) is 14.6. The van der Waals surface area contributed by atoms with Crippen LogP contribution in [-0.4, -0.2) is 10.3 Å². The van der Waals surface area contributed by atoms with Crippen molar-refractivity contribution in [2.24, 2.45) is 0 Å². The summed E-state index contributed by atoms with van der Waals surface area (Å²) in [6.45, 7) is 14.1. The molecule has 0 unspecified atom stereocenters. The van der Waals surface area contributed by atoms with Gasteiger partial charge in [0, 0.05) is 0 Å². The minimum Gasteiger partial charge on any atom is -0.214 e. The normalized spacial score (nSPS) is 11.0. The molecule has 0 saturated heterocycles. The molecule has 0 fully saturated rings. The molecule has 2 aromatic rings. The van der Waals surface area contributed by atoms with Crippen LogP contribution in [0.4, 0.5) is 0 Å². The fourth-order valence-corrected chi connectivity index (χ4v) is 6.65. The van der Waals surface area contributed by atoms with Crippen LogP contribution in [0, 0.1) is 0 Å². The van der Waals surface area contributed by atoms with Gasteiger partial charge in [-0.05, 0) is 10.3 Å². The van der Waals surface area contributed by atoms with Crippen molar-refractivity contribution in [3.63, 3.8) is 0 Å². The molecular weight excluding hydrogens is 480 g/mol. The van der Waals surface area contributed by atoms with Gasteiger partial charge in [0.2, 0.25) is 0 Å². The van der Waals surface area contributed by atoms with Crippen molar-refractivity contribution in [1.29, 1.82) is 0 Å². The van der Waals surface area contributed by atoms with Gasteiger partial charge in [0.1, 0.15) is 0 Å². The fraction of sp³-hybridized carbons (Fsp3) is 0.444. The molecule has 0 atom stereocenters. The Balaban J connectivity index is 0. The van der Waals surface area contributed by atoms with Crippen LogP contribution in [0.25, 0.3) is 0 Å². The van der Waals surface area contributed by atoms with E-state index in [0.29, 0.717) is 10.3 Å². The zero-order valence-corrected chi connectivity index (χ0v) is 19.6. The van der Waals surface area contributed by atoms with E-state index >= 15 is 0 Å². The third-order valence-corrected chi connectivity index (χ3v) is 6.30. The third-order valence-electron chi connectivity index (χ3n) is 2.80. The van der Waals surface area contributed by atoms with E-state index in [2.05, 4.69) is 65.8 Å². The molecule has 0 bridgehead atoms. The maximum atomic E-state index is 4.81. The summed E-state index contributed by atoms with van der Waals surface area (Å²) >= 11 is -0.106. The number of rotatable bonds is 1. The second kappa shape index (κ2) is 13.1. The molecule has 0 heterocycles. The SMILES string of the molecule is CC(C)(C)P([c-]1cccc1)C(C)(C)C.[Cl][Pd][Cl].[Fe+2].c1cc[cH-]c1. The second-order valence-corrected chi connectivity index (χ2v) is 13.1. The first-order valence-corrected chi connectivity index (χ1v) is 12.5. The summed E-state index contributed by atoms with van der Waals surface area (Å²) in [6, 6.07) is 18.9. The molecule has 0 N–H and O–H groups in total. The Labute approximate surface area is 170 Å². The van der Waals surface area contributed by atoms with Crippen LogP contribution in [-0.2, 0) is 33.0 Å². The molecule has 0 nitrogen and oxygen atoms in total. The molecule has 136 valence electrons.